The summed E-state index contributed by atoms with van der Waals surface area (Å²) in [5.74, 6) is -1.65. The molecule has 0 radical (unpaired) electrons. The van der Waals surface area contributed by atoms with Crippen LogP contribution >= 0.6 is 0 Å². The van der Waals surface area contributed by atoms with Gasteiger partial charge in [0.2, 0.25) is 0 Å². The van der Waals surface area contributed by atoms with Crippen LogP contribution in [0.15, 0.2) is 6.20 Å². The minimum atomic E-state index is -4.50. The van der Waals surface area contributed by atoms with Gasteiger partial charge in [0.15, 0.2) is 5.82 Å². The number of nitrogens with zero attached hydrogens (tertiary/aromatic N) is 2. The van der Waals surface area contributed by atoms with Crippen LogP contribution in [0.5, 0.6) is 0 Å². The van der Waals surface area contributed by atoms with E-state index in [0.29, 0.717) is 0 Å². The van der Waals surface area contributed by atoms with Crippen molar-refractivity contribution < 1.29 is 22.9 Å². The highest BCUT2D eigenvalue weighted by Crippen LogP contribution is 2.14. The van der Waals surface area contributed by atoms with E-state index in [1.165, 1.54) is 7.05 Å². The third kappa shape index (κ3) is 2.20. The molecule has 14 heavy (non-hydrogen) atoms. The average molecular weight is 221 g/mol. The van der Waals surface area contributed by atoms with Crippen LogP contribution in [-0.4, -0.2) is 33.8 Å². The standard InChI is InChI=1S/C5H7N3O5S/c1-8-4(7-14(11,12)13)3(2-6-8)5(9)10/h2,7H,1H3,(H,9,10)(H,11,12,13). The van der Waals surface area contributed by atoms with E-state index >= 15 is 0 Å². The molecule has 0 spiro atoms. The highest BCUT2D eigenvalue weighted by Gasteiger charge is 2.18. The maximum atomic E-state index is 10.6. The van der Waals surface area contributed by atoms with Crippen molar-refractivity contribution in [2.45, 2.75) is 0 Å². The lowest BCUT2D eigenvalue weighted by Gasteiger charge is -2.03. The van der Waals surface area contributed by atoms with Crippen LogP contribution in [0, 0.1) is 0 Å². The van der Waals surface area contributed by atoms with E-state index in [1.807, 2.05) is 0 Å². The van der Waals surface area contributed by atoms with Crippen LogP contribution in [0.4, 0.5) is 5.82 Å². The molecule has 1 aromatic heterocycles. The third-order valence-electron chi connectivity index (χ3n) is 1.39. The molecule has 0 aliphatic heterocycles. The van der Waals surface area contributed by atoms with Gasteiger partial charge in [-0.3, -0.25) is 9.23 Å². The van der Waals surface area contributed by atoms with Crippen LogP contribution < -0.4 is 4.72 Å². The Morgan fingerprint density at radius 3 is 2.64 bits per heavy atom. The predicted octanol–water partition coefficient (Wildman–Crippen LogP) is -0.667. The number of carbonyl (C=O) groups is 1. The van der Waals surface area contributed by atoms with Crippen molar-refractivity contribution in [3.8, 4) is 0 Å². The van der Waals surface area contributed by atoms with Gasteiger partial charge in [0.1, 0.15) is 5.56 Å². The zero-order valence-corrected chi connectivity index (χ0v) is 7.82. The van der Waals surface area contributed by atoms with E-state index in [4.69, 9.17) is 9.66 Å². The number of rotatable bonds is 3. The molecule has 0 atom stereocenters. The Morgan fingerprint density at radius 1 is 1.64 bits per heavy atom. The van der Waals surface area contributed by atoms with Crippen LogP contribution in [0.3, 0.4) is 0 Å². The number of hydrogen-bond acceptors (Lipinski definition) is 4. The number of anilines is 1. The van der Waals surface area contributed by atoms with E-state index in [1.54, 1.807) is 4.72 Å². The molecule has 0 unspecified atom stereocenters. The number of hydrogen-bond donors (Lipinski definition) is 3. The quantitative estimate of drug-likeness (QED) is 0.582. The molecule has 0 bridgehead atoms. The second-order valence-corrected chi connectivity index (χ2v) is 3.57. The van der Waals surface area contributed by atoms with Gasteiger partial charge in [0.25, 0.3) is 0 Å². The Morgan fingerprint density at radius 2 is 2.21 bits per heavy atom. The number of aromatic nitrogens is 2. The zero-order chi connectivity index (χ0) is 10.9. The Hall–Kier alpha value is -1.61. The van der Waals surface area contributed by atoms with Gasteiger partial charge in [-0.05, 0) is 0 Å². The van der Waals surface area contributed by atoms with E-state index in [9.17, 15) is 13.2 Å². The molecule has 0 saturated heterocycles. The smallest absolute Gasteiger partial charge is 0.358 e. The van der Waals surface area contributed by atoms with Gasteiger partial charge in [-0.25, -0.2) is 9.52 Å². The summed E-state index contributed by atoms with van der Waals surface area (Å²) in [6, 6.07) is 0. The van der Waals surface area contributed by atoms with Crippen molar-refractivity contribution in [2.75, 3.05) is 4.72 Å². The first-order chi connectivity index (χ1) is 6.31. The van der Waals surface area contributed by atoms with E-state index in [-0.39, 0.29) is 11.4 Å². The fourth-order valence-electron chi connectivity index (χ4n) is 0.837. The topological polar surface area (TPSA) is 122 Å². The summed E-state index contributed by atoms with van der Waals surface area (Å²) in [6.07, 6.45) is 0.968. The second-order valence-electron chi connectivity index (χ2n) is 2.41. The molecule has 3 N–H and O–H groups in total. The van der Waals surface area contributed by atoms with Crippen molar-refractivity contribution in [2.24, 2.45) is 7.05 Å². The van der Waals surface area contributed by atoms with E-state index < -0.39 is 16.3 Å². The first-order valence-corrected chi connectivity index (χ1v) is 4.76. The third-order valence-corrected chi connectivity index (χ3v) is 1.85. The largest absolute Gasteiger partial charge is 0.477 e. The molecule has 8 nitrogen and oxygen atoms in total. The maximum absolute atomic E-state index is 10.6. The Balaban J connectivity index is 3.19. The molecular formula is C5H7N3O5S. The second kappa shape index (κ2) is 3.27. The summed E-state index contributed by atoms with van der Waals surface area (Å²) < 4.78 is 31.9. The predicted molar refractivity (Wildman–Crippen MR) is 45.3 cm³/mol. The highest BCUT2D eigenvalue weighted by molar-refractivity contribution is 7.87. The summed E-state index contributed by atoms with van der Waals surface area (Å²) in [7, 11) is -3.17. The maximum Gasteiger partial charge on any atom is 0.358 e. The van der Waals surface area contributed by atoms with Crippen LogP contribution in [-0.2, 0) is 17.4 Å². The molecule has 1 aromatic rings. The molecule has 0 aliphatic carbocycles. The summed E-state index contributed by atoms with van der Waals surface area (Å²) in [5, 5.41) is 12.1. The van der Waals surface area contributed by atoms with Gasteiger partial charge in [0.05, 0.1) is 6.20 Å². The molecule has 1 rings (SSSR count). The first kappa shape index (κ1) is 10.5. The molecule has 9 heteroatoms. The summed E-state index contributed by atoms with van der Waals surface area (Å²) in [6.45, 7) is 0. The molecule has 0 amide bonds. The summed E-state index contributed by atoms with van der Waals surface area (Å²) in [4.78, 5) is 10.6. The fraction of sp³-hybridized carbons (Fsp3) is 0.200. The first-order valence-electron chi connectivity index (χ1n) is 3.32. The number of carboxylic acids is 1. The van der Waals surface area contributed by atoms with Gasteiger partial charge in [0, 0.05) is 7.05 Å². The normalized spacial score (nSPS) is 11.3. The van der Waals surface area contributed by atoms with Crippen LogP contribution in [0.2, 0.25) is 0 Å². The Kier molecular flexibility index (Phi) is 2.45. The number of aromatic carboxylic acids is 1. The minimum absolute atomic E-state index is 0.306. The lowest BCUT2D eigenvalue weighted by molar-refractivity contribution is 0.0698. The van der Waals surface area contributed by atoms with Gasteiger partial charge in [-0.2, -0.15) is 13.5 Å². The Bertz CT molecular complexity index is 462. The van der Waals surface area contributed by atoms with Gasteiger partial charge in [-0.1, -0.05) is 0 Å². The van der Waals surface area contributed by atoms with E-state index in [2.05, 4.69) is 5.10 Å². The van der Waals surface area contributed by atoms with Gasteiger partial charge in [-0.15, -0.1) is 0 Å². The van der Waals surface area contributed by atoms with Gasteiger partial charge < -0.3 is 5.11 Å². The van der Waals surface area contributed by atoms with Crippen molar-refractivity contribution in [3.63, 3.8) is 0 Å². The van der Waals surface area contributed by atoms with E-state index in [0.717, 1.165) is 10.9 Å². The number of aryl methyl sites for hydroxylation is 1. The number of carboxylic acid groups (broad SMARTS) is 1. The van der Waals surface area contributed by atoms with Gasteiger partial charge >= 0.3 is 16.3 Å². The van der Waals surface area contributed by atoms with Crippen LogP contribution in [0.1, 0.15) is 10.4 Å². The fourth-order valence-corrected chi connectivity index (χ4v) is 1.32. The van der Waals surface area contributed by atoms with Crippen LogP contribution in [0.25, 0.3) is 0 Å². The van der Waals surface area contributed by atoms with Crippen molar-refractivity contribution in [3.05, 3.63) is 11.8 Å². The molecular weight excluding hydrogens is 214 g/mol. The summed E-state index contributed by atoms with van der Waals surface area (Å²) >= 11 is 0. The van der Waals surface area contributed by atoms with Crippen molar-refractivity contribution in [1.82, 2.24) is 9.78 Å². The van der Waals surface area contributed by atoms with Crippen molar-refractivity contribution >= 4 is 22.1 Å². The molecule has 0 aliphatic rings. The minimum Gasteiger partial charge on any atom is -0.477 e. The lowest BCUT2D eigenvalue weighted by Crippen LogP contribution is -2.15. The SMILES string of the molecule is Cn1ncc(C(=O)O)c1NS(=O)(=O)O. The molecule has 1 heterocycles. The monoisotopic (exact) mass is 221 g/mol. The zero-order valence-electron chi connectivity index (χ0n) is 7.00. The molecule has 0 saturated carbocycles. The van der Waals surface area contributed by atoms with Crippen molar-refractivity contribution in [1.29, 1.82) is 0 Å². The molecule has 78 valence electrons. The summed E-state index contributed by atoms with van der Waals surface area (Å²) in [5.41, 5.74) is -0.342. The number of nitrogens with one attached hydrogen (secondary N) is 1. The lowest BCUT2D eigenvalue weighted by atomic mass is 10.3. The molecule has 0 fully saturated rings. The Labute approximate surface area is 79.0 Å². The highest BCUT2D eigenvalue weighted by atomic mass is 32.2. The average Bonchev–Trinajstić information content (AvgIpc) is 2.29. The molecule has 0 aromatic carbocycles.